The third-order valence-corrected chi connectivity index (χ3v) is 6.69. The molecule has 1 saturated heterocycles. The number of rotatable bonds is 8. The zero-order valence-electron chi connectivity index (χ0n) is 16.9. The molecule has 1 aliphatic heterocycles. The van der Waals surface area contributed by atoms with Crippen LogP contribution in [-0.2, 0) is 16.4 Å². The first kappa shape index (κ1) is 21.5. The lowest BCUT2D eigenvalue weighted by Crippen LogP contribution is -2.48. The van der Waals surface area contributed by atoms with Crippen molar-refractivity contribution in [1.29, 1.82) is 0 Å². The van der Waals surface area contributed by atoms with Crippen LogP contribution >= 0.6 is 0 Å². The fraction of sp³-hybridized carbons (Fsp3) is 0.429. The molecule has 0 spiro atoms. The minimum Gasteiger partial charge on any atom is -0.495 e. The molecule has 0 saturated carbocycles. The maximum atomic E-state index is 13.9. The number of anilines is 1. The van der Waals surface area contributed by atoms with E-state index in [4.69, 9.17) is 4.74 Å². The van der Waals surface area contributed by atoms with Crippen LogP contribution in [0.15, 0.2) is 47.4 Å². The standard InChI is InChI=1S/C21H28FN3O3S/c1-3-17-8-9-20(28-2)21(16-17)29(26,27)23-10-11-24-12-14-25(15-13-24)19-7-5-4-6-18(19)22/h4-9,16,23H,3,10-15H2,1-2H3. The Hall–Kier alpha value is -2.16. The number of sulfonamides is 1. The normalized spacial score (nSPS) is 15.5. The summed E-state index contributed by atoms with van der Waals surface area (Å²) in [6.07, 6.45) is 0.749. The highest BCUT2D eigenvalue weighted by Gasteiger charge is 2.22. The van der Waals surface area contributed by atoms with Crippen LogP contribution in [0.1, 0.15) is 12.5 Å². The highest BCUT2D eigenvalue weighted by Crippen LogP contribution is 2.25. The molecule has 29 heavy (non-hydrogen) atoms. The summed E-state index contributed by atoms with van der Waals surface area (Å²) < 4.78 is 47.3. The van der Waals surface area contributed by atoms with E-state index in [9.17, 15) is 12.8 Å². The number of nitrogens with one attached hydrogen (secondary N) is 1. The Bertz CT molecular complexity index is 929. The Morgan fingerprint density at radius 3 is 2.48 bits per heavy atom. The lowest BCUT2D eigenvalue weighted by molar-refractivity contribution is 0.261. The quantitative estimate of drug-likeness (QED) is 0.710. The van der Waals surface area contributed by atoms with Gasteiger partial charge in [-0.2, -0.15) is 0 Å². The third kappa shape index (κ3) is 5.26. The fourth-order valence-electron chi connectivity index (χ4n) is 3.49. The molecule has 0 unspecified atom stereocenters. The van der Waals surface area contributed by atoms with Crippen LogP contribution in [0.4, 0.5) is 10.1 Å². The number of benzene rings is 2. The zero-order chi connectivity index (χ0) is 20.9. The number of ether oxygens (including phenoxy) is 1. The fourth-order valence-corrected chi connectivity index (χ4v) is 4.73. The van der Waals surface area contributed by atoms with Gasteiger partial charge in [0.15, 0.2) is 0 Å². The van der Waals surface area contributed by atoms with Gasteiger partial charge in [0, 0.05) is 39.3 Å². The SMILES string of the molecule is CCc1ccc(OC)c(S(=O)(=O)NCCN2CCN(c3ccccc3F)CC2)c1. The van der Waals surface area contributed by atoms with Crippen molar-refractivity contribution in [3.8, 4) is 5.75 Å². The van der Waals surface area contributed by atoms with E-state index in [1.807, 2.05) is 24.0 Å². The van der Waals surface area contributed by atoms with Crippen LogP contribution in [0.3, 0.4) is 0 Å². The van der Waals surface area contributed by atoms with Gasteiger partial charge in [-0.1, -0.05) is 25.1 Å². The van der Waals surface area contributed by atoms with E-state index in [0.29, 0.717) is 37.6 Å². The van der Waals surface area contributed by atoms with Gasteiger partial charge >= 0.3 is 0 Å². The number of piperazine rings is 1. The summed E-state index contributed by atoms with van der Waals surface area (Å²) in [6, 6.07) is 12.0. The Morgan fingerprint density at radius 1 is 1.10 bits per heavy atom. The van der Waals surface area contributed by atoms with Gasteiger partial charge in [-0.05, 0) is 36.2 Å². The Labute approximate surface area is 172 Å². The van der Waals surface area contributed by atoms with E-state index in [0.717, 1.165) is 25.1 Å². The highest BCUT2D eigenvalue weighted by atomic mass is 32.2. The Morgan fingerprint density at radius 2 is 1.83 bits per heavy atom. The molecule has 1 N–H and O–H groups in total. The molecule has 0 aromatic heterocycles. The molecular formula is C21H28FN3O3S. The topological polar surface area (TPSA) is 61.9 Å². The first-order valence-electron chi connectivity index (χ1n) is 9.83. The van der Waals surface area contributed by atoms with Crippen molar-refractivity contribution in [2.75, 3.05) is 51.3 Å². The summed E-state index contributed by atoms with van der Waals surface area (Å²) in [5, 5.41) is 0. The third-order valence-electron chi connectivity index (χ3n) is 5.21. The van der Waals surface area contributed by atoms with Gasteiger partial charge in [-0.3, -0.25) is 4.90 Å². The first-order valence-corrected chi connectivity index (χ1v) is 11.3. The maximum absolute atomic E-state index is 13.9. The van der Waals surface area contributed by atoms with E-state index in [-0.39, 0.29) is 10.7 Å². The monoisotopic (exact) mass is 421 g/mol. The molecule has 0 bridgehead atoms. The van der Waals surface area contributed by atoms with Crippen molar-refractivity contribution in [3.63, 3.8) is 0 Å². The molecule has 2 aromatic rings. The van der Waals surface area contributed by atoms with Gasteiger partial charge in [0.2, 0.25) is 10.0 Å². The summed E-state index contributed by atoms with van der Waals surface area (Å²) in [5.41, 5.74) is 1.56. The summed E-state index contributed by atoms with van der Waals surface area (Å²) in [4.78, 5) is 4.38. The van der Waals surface area contributed by atoms with Crippen molar-refractivity contribution in [3.05, 3.63) is 53.8 Å². The van der Waals surface area contributed by atoms with Gasteiger partial charge in [-0.25, -0.2) is 17.5 Å². The van der Waals surface area contributed by atoms with E-state index in [1.54, 1.807) is 24.3 Å². The van der Waals surface area contributed by atoms with Gasteiger partial charge in [0.05, 0.1) is 12.8 Å². The predicted octanol–water partition coefficient (Wildman–Crippen LogP) is 2.50. The minimum absolute atomic E-state index is 0.170. The second-order valence-corrected chi connectivity index (χ2v) is 8.75. The Balaban J connectivity index is 1.54. The van der Waals surface area contributed by atoms with Crippen molar-refractivity contribution < 1.29 is 17.5 Å². The maximum Gasteiger partial charge on any atom is 0.244 e. The second kappa shape index (κ2) is 9.56. The first-order chi connectivity index (χ1) is 13.9. The van der Waals surface area contributed by atoms with Gasteiger partial charge in [-0.15, -0.1) is 0 Å². The predicted molar refractivity (Wildman–Crippen MR) is 113 cm³/mol. The van der Waals surface area contributed by atoms with Gasteiger partial charge < -0.3 is 9.64 Å². The largest absolute Gasteiger partial charge is 0.495 e. The number of halogens is 1. The van der Waals surface area contributed by atoms with E-state index < -0.39 is 10.0 Å². The smallest absolute Gasteiger partial charge is 0.244 e. The summed E-state index contributed by atoms with van der Waals surface area (Å²) >= 11 is 0. The molecule has 8 heteroatoms. The molecule has 1 aliphatic rings. The van der Waals surface area contributed by atoms with Crippen molar-refractivity contribution in [1.82, 2.24) is 9.62 Å². The van der Waals surface area contributed by atoms with Gasteiger partial charge in [0.25, 0.3) is 0 Å². The van der Waals surface area contributed by atoms with Crippen LogP contribution in [-0.4, -0.2) is 59.7 Å². The lowest BCUT2D eigenvalue weighted by Gasteiger charge is -2.36. The van der Waals surface area contributed by atoms with Crippen LogP contribution in [0.2, 0.25) is 0 Å². The lowest BCUT2D eigenvalue weighted by atomic mass is 10.2. The molecule has 1 heterocycles. The number of para-hydroxylation sites is 1. The minimum atomic E-state index is -3.66. The molecule has 0 amide bonds. The van der Waals surface area contributed by atoms with Crippen molar-refractivity contribution in [2.24, 2.45) is 0 Å². The average molecular weight is 422 g/mol. The summed E-state index contributed by atoms with van der Waals surface area (Å²) in [5.74, 6) is 0.130. The summed E-state index contributed by atoms with van der Waals surface area (Å²) in [6.45, 7) is 5.81. The molecule has 3 rings (SSSR count). The van der Waals surface area contributed by atoms with Crippen LogP contribution in [0.5, 0.6) is 5.75 Å². The number of nitrogens with zero attached hydrogens (tertiary/aromatic N) is 2. The second-order valence-electron chi connectivity index (χ2n) is 7.02. The highest BCUT2D eigenvalue weighted by molar-refractivity contribution is 7.89. The molecule has 0 atom stereocenters. The summed E-state index contributed by atoms with van der Waals surface area (Å²) in [7, 11) is -2.19. The molecular weight excluding hydrogens is 393 g/mol. The number of aryl methyl sites for hydroxylation is 1. The number of hydrogen-bond acceptors (Lipinski definition) is 5. The van der Waals surface area contributed by atoms with Crippen LogP contribution in [0.25, 0.3) is 0 Å². The van der Waals surface area contributed by atoms with Gasteiger partial charge in [0.1, 0.15) is 16.5 Å². The van der Waals surface area contributed by atoms with Crippen molar-refractivity contribution in [2.45, 2.75) is 18.2 Å². The molecule has 158 valence electrons. The molecule has 6 nitrogen and oxygen atoms in total. The molecule has 0 aliphatic carbocycles. The van der Waals surface area contributed by atoms with Crippen molar-refractivity contribution >= 4 is 15.7 Å². The van der Waals surface area contributed by atoms with E-state index in [1.165, 1.54) is 13.2 Å². The Kier molecular flexibility index (Phi) is 7.10. The van der Waals surface area contributed by atoms with E-state index >= 15 is 0 Å². The molecule has 2 aromatic carbocycles. The zero-order valence-corrected chi connectivity index (χ0v) is 17.7. The van der Waals surface area contributed by atoms with Crippen LogP contribution in [0, 0.1) is 5.82 Å². The van der Waals surface area contributed by atoms with Crippen LogP contribution < -0.4 is 14.4 Å². The number of methoxy groups -OCH3 is 1. The van der Waals surface area contributed by atoms with E-state index in [2.05, 4.69) is 9.62 Å². The molecule has 1 fully saturated rings. The number of hydrogen-bond donors (Lipinski definition) is 1. The average Bonchev–Trinajstić information content (AvgIpc) is 2.74. The molecule has 0 radical (unpaired) electrons.